The first-order valence-corrected chi connectivity index (χ1v) is 10.8. The summed E-state index contributed by atoms with van der Waals surface area (Å²) < 4.78 is 0. The summed E-state index contributed by atoms with van der Waals surface area (Å²) in [4.78, 5) is 23.3. The third-order valence-electron chi connectivity index (χ3n) is 5.43. The van der Waals surface area contributed by atoms with Gasteiger partial charge in [-0.1, -0.05) is 59.4 Å². The normalized spacial score (nSPS) is 13.6. The van der Waals surface area contributed by atoms with Crippen molar-refractivity contribution < 1.29 is 9.90 Å². The fourth-order valence-electron chi connectivity index (χ4n) is 3.11. The number of nitrogens with zero attached hydrogens (tertiary/aromatic N) is 3. The fourth-order valence-corrected chi connectivity index (χ4v) is 3.11. The van der Waals surface area contributed by atoms with E-state index in [1.54, 1.807) is 19.2 Å². The summed E-state index contributed by atoms with van der Waals surface area (Å²) in [6.45, 7) is 16.1. The highest BCUT2D eigenvalue weighted by molar-refractivity contribution is 6.11. The third-order valence-corrected chi connectivity index (χ3v) is 5.43. The topological polar surface area (TPSA) is 91.8 Å². The van der Waals surface area contributed by atoms with Crippen LogP contribution in [0.15, 0.2) is 71.3 Å². The number of benzene rings is 1. The van der Waals surface area contributed by atoms with Gasteiger partial charge in [0.15, 0.2) is 11.6 Å². The van der Waals surface area contributed by atoms with Gasteiger partial charge in [0.1, 0.15) is 5.82 Å². The molecule has 1 amide bonds. The molecule has 3 N–H and O–H groups in total. The molecule has 32 heavy (non-hydrogen) atoms. The number of rotatable bonds is 7. The number of hydrogen-bond donors (Lipinski definition) is 2. The maximum Gasteiger partial charge on any atom is 0.267 e. The van der Waals surface area contributed by atoms with Gasteiger partial charge in [-0.2, -0.15) is 0 Å². The van der Waals surface area contributed by atoms with Crippen LogP contribution in [0.4, 0.5) is 11.5 Å². The van der Waals surface area contributed by atoms with E-state index < -0.39 is 11.7 Å². The predicted octanol–water partition coefficient (Wildman–Crippen LogP) is 5.89. The summed E-state index contributed by atoms with van der Waals surface area (Å²) in [5.41, 5.74) is 8.41. The zero-order valence-electron chi connectivity index (χ0n) is 19.9. The average Bonchev–Trinajstić information content (AvgIpc) is 2.78. The average molecular weight is 435 g/mol. The molecule has 1 aromatic carbocycles. The summed E-state index contributed by atoms with van der Waals surface area (Å²) >= 11 is 0. The molecule has 0 aliphatic rings. The minimum atomic E-state index is -0.538. The van der Waals surface area contributed by atoms with Crippen LogP contribution < -0.4 is 10.6 Å². The first-order chi connectivity index (χ1) is 15.0. The lowest BCUT2D eigenvalue weighted by Crippen LogP contribution is -2.29. The lowest BCUT2D eigenvalue weighted by atomic mass is 9.87. The number of aliphatic hydroxyl groups excluding tert-OH is 1. The molecule has 170 valence electrons. The van der Waals surface area contributed by atoms with Crippen LogP contribution in [0, 0.1) is 0 Å². The van der Waals surface area contributed by atoms with Gasteiger partial charge in [0.2, 0.25) is 0 Å². The molecule has 0 radical (unpaired) electrons. The van der Waals surface area contributed by atoms with Crippen molar-refractivity contribution in [2.24, 2.45) is 10.7 Å². The Morgan fingerprint density at radius 3 is 2.34 bits per heavy atom. The van der Waals surface area contributed by atoms with Crippen LogP contribution in [0.1, 0.15) is 65.0 Å². The first-order valence-electron chi connectivity index (χ1n) is 10.8. The van der Waals surface area contributed by atoms with Crippen molar-refractivity contribution in [3.05, 3.63) is 77.5 Å². The Morgan fingerprint density at radius 2 is 1.88 bits per heavy atom. The van der Waals surface area contributed by atoms with E-state index in [0.717, 1.165) is 17.5 Å². The number of aliphatic hydroxyl groups is 1. The number of carbonyl (C=O) groups excluding carboxylic acids is 1. The number of anilines is 2. The van der Waals surface area contributed by atoms with Crippen molar-refractivity contribution in [1.29, 1.82) is 0 Å². The zero-order chi connectivity index (χ0) is 24.1. The van der Waals surface area contributed by atoms with E-state index in [4.69, 9.17) is 5.73 Å². The number of amides is 1. The highest BCUT2D eigenvalue weighted by Crippen LogP contribution is 2.31. The molecule has 1 atom stereocenters. The number of aromatic nitrogens is 1. The quantitative estimate of drug-likeness (QED) is 0.246. The molecule has 0 saturated carbocycles. The van der Waals surface area contributed by atoms with Gasteiger partial charge < -0.3 is 10.8 Å². The fraction of sp³-hybridized carbons (Fsp3) is 0.346. The number of carbonyl (C=O) groups is 1. The molecule has 0 aliphatic heterocycles. The largest absolute Gasteiger partial charge is 0.504 e. The number of nitrogens with two attached hydrogens (primary N) is 1. The van der Waals surface area contributed by atoms with Crippen LogP contribution in [-0.4, -0.2) is 22.2 Å². The third kappa shape index (κ3) is 5.63. The van der Waals surface area contributed by atoms with Crippen LogP contribution >= 0.6 is 0 Å². The van der Waals surface area contributed by atoms with Crippen molar-refractivity contribution in [3.8, 4) is 0 Å². The van der Waals surface area contributed by atoms with Crippen LogP contribution in [0.25, 0.3) is 0 Å². The highest BCUT2D eigenvalue weighted by atomic mass is 16.3. The van der Waals surface area contributed by atoms with Gasteiger partial charge in [-0.15, -0.1) is 0 Å². The summed E-state index contributed by atoms with van der Waals surface area (Å²) in [5, 5.41) is 10.4. The van der Waals surface area contributed by atoms with E-state index in [2.05, 4.69) is 51.2 Å². The van der Waals surface area contributed by atoms with Gasteiger partial charge in [0, 0.05) is 12.4 Å². The minimum Gasteiger partial charge on any atom is -0.504 e. The molecule has 2 rings (SSSR count). The van der Waals surface area contributed by atoms with Crippen molar-refractivity contribution >= 4 is 23.6 Å². The second-order valence-corrected chi connectivity index (χ2v) is 8.80. The van der Waals surface area contributed by atoms with Gasteiger partial charge >= 0.3 is 0 Å². The summed E-state index contributed by atoms with van der Waals surface area (Å²) in [6.07, 6.45) is 4.20. The molecular weight excluding hydrogens is 400 g/mol. The molecule has 6 nitrogen and oxygen atoms in total. The lowest BCUT2D eigenvalue weighted by molar-refractivity contribution is -0.114. The second-order valence-electron chi connectivity index (χ2n) is 8.80. The Labute approximate surface area is 191 Å². The van der Waals surface area contributed by atoms with Crippen molar-refractivity contribution in [2.45, 2.75) is 59.3 Å². The monoisotopic (exact) mass is 434 g/mol. The van der Waals surface area contributed by atoms with Gasteiger partial charge in [-0.25, -0.2) is 9.98 Å². The first kappa shape index (κ1) is 24.9. The van der Waals surface area contributed by atoms with E-state index in [-0.39, 0.29) is 16.8 Å². The van der Waals surface area contributed by atoms with Gasteiger partial charge in [-0.3, -0.25) is 9.69 Å². The molecule has 6 heteroatoms. The van der Waals surface area contributed by atoms with E-state index in [1.807, 2.05) is 30.3 Å². The Bertz CT molecular complexity index is 1010. The van der Waals surface area contributed by atoms with E-state index >= 15 is 0 Å². The van der Waals surface area contributed by atoms with Gasteiger partial charge in [0.05, 0.1) is 11.3 Å². The van der Waals surface area contributed by atoms with E-state index in [1.165, 1.54) is 11.1 Å². The maximum absolute atomic E-state index is 13.4. The molecule has 2 aromatic rings. The summed E-state index contributed by atoms with van der Waals surface area (Å²) in [5.74, 6) is -0.379. The molecule has 0 saturated heterocycles. The molecule has 1 heterocycles. The lowest BCUT2D eigenvalue weighted by Gasteiger charge is -2.25. The molecule has 0 bridgehead atoms. The van der Waals surface area contributed by atoms with E-state index in [9.17, 15) is 9.90 Å². The Kier molecular flexibility index (Phi) is 7.97. The van der Waals surface area contributed by atoms with Crippen molar-refractivity contribution in [3.63, 3.8) is 0 Å². The Balaban J connectivity index is 2.55. The Hall–Kier alpha value is -3.41. The van der Waals surface area contributed by atoms with Crippen LogP contribution in [0.5, 0.6) is 0 Å². The van der Waals surface area contributed by atoms with Crippen LogP contribution in [0.3, 0.4) is 0 Å². The minimum absolute atomic E-state index is 0.0270. The number of aliphatic imine (C=N–C) groups is 1. The summed E-state index contributed by atoms with van der Waals surface area (Å²) in [7, 11) is 0. The van der Waals surface area contributed by atoms with Gasteiger partial charge in [-0.05, 0) is 54.0 Å². The molecule has 1 unspecified atom stereocenters. The van der Waals surface area contributed by atoms with Gasteiger partial charge in [0.25, 0.3) is 5.91 Å². The zero-order valence-corrected chi connectivity index (χ0v) is 19.9. The van der Waals surface area contributed by atoms with Crippen LogP contribution in [-0.2, 0) is 10.2 Å². The maximum atomic E-state index is 13.4. The molecule has 1 aromatic heterocycles. The summed E-state index contributed by atoms with van der Waals surface area (Å²) in [6, 6.07) is 11.5. The smallest absolute Gasteiger partial charge is 0.267 e. The SMILES string of the molecule is C=C(C(=O)N(c1ccc(C(C)(C)C)cc1)c1ccc(C(C)CC)cn1)/C(O)=C(/N)N=CC. The van der Waals surface area contributed by atoms with Crippen molar-refractivity contribution in [2.75, 3.05) is 4.90 Å². The predicted molar refractivity (Wildman–Crippen MR) is 132 cm³/mol. The Morgan fingerprint density at radius 1 is 1.25 bits per heavy atom. The standard InChI is InChI=1S/C26H34N4O2/c1-8-17(3)19-10-15-22(29-16-19)30(21-13-11-20(12-14-21)26(5,6)7)25(32)18(4)23(31)24(27)28-9-2/h9-17,31H,4,8,27H2,1-3,5-7H3/b24-23+,28-9?. The van der Waals surface area contributed by atoms with E-state index in [0.29, 0.717) is 17.4 Å². The molecule has 0 fully saturated rings. The molecular formula is C26H34N4O2. The molecule has 0 aliphatic carbocycles. The highest BCUT2D eigenvalue weighted by Gasteiger charge is 2.26. The van der Waals surface area contributed by atoms with Crippen molar-refractivity contribution in [1.82, 2.24) is 4.98 Å². The second kappa shape index (κ2) is 10.3. The number of pyridine rings is 1. The molecule has 0 spiro atoms. The van der Waals surface area contributed by atoms with Crippen LogP contribution in [0.2, 0.25) is 0 Å². The number of hydrogen-bond acceptors (Lipinski definition) is 5.